The van der Waals surface area contributed by atoms with E-state index in [1.807, 2.05) is 6.08 Å². The standard InChI is InChI=1S/C5H12P2/c1-2-5(7)3-4-6/h2,5H,1,3-4,6-7H2. The Hall–Kier alpha value is 0.600. The Bertz CT molecular complexity index is 52.0. The lowest BCUT2D eigenvalue weighted by atomic mass is 10.3. The number of hydrogen-bond acceptors (Lipinski definition) is 0. The maximum absolute atomic E-state index is 3.65. The van der Waals surface area contributed by atoms with E-state index in [0.717, 1.165) is 0 Å². The van der Waals surface area contributed by atoms with Crippen molar-refractivity contribution in [2.75, 3.05) is 6.16 Å². The molecule has 0 aromatic heterocycles. The highest BCUT2D eigenvalue weighted by atomic mass is 31.0. The Kier molecular flexibility index (Phi) is 5.16. The monoisotopic (exact) mass is 134 g/mol. The normalized spacial score (nSPS) is 13.4. The molecule has 3 atom stereocenters. The van der Waals surface area contributed by atoms with Gasteiger partial charge in [0.2, 0.25) is 0 Å². The van der Waals surface area contributed by atoms with Crippen LogP contribution < -0.4 is 0 Å². The van der Waals surface area contributed by atoms with Crippen molar-refractivity contribution < 1.29 is 0 Å². The van der Waals surface area contributed by atoms with Crippen LogP contribution in [-0.4, -0.2) is 11.8 Å². The molecule has 0 heterocycles. The average molecular weight is 134 g/mol. The van der Waals surface area contributed by atoms with E-state index in [-0.39, 0.29) is 0 Å². The van der Waals surface area contributed by atoms with Gasteiger partial charge < -0.3 is 0 Å². The van der Waals surface area contributed by atoms with Gasteiger partial charge in [-0.05, 0) is 18.2 Å². The van der Waals surface area contributed by atoms with Gasteiger partial charge in [0.05, 0.1) is 0 Å². The van der Waals surface area contributed by atoms with E-state index in [1.54, 1.807) is 0 Å². The van der Waals surface area contributed by atoms with Crippen LogP contribution >= 0.6 is 18.5 Å². The van der Waals surface area contributed by atoms with Crippen LogP contribution in [0.15, 0.2) is 12.7 Å². The van der Waals surface area contributed by atoms with E-state index >= 15 is 0 Å². The average Bonchev–Trinajstić information content (AvgIpc) is 1.68. The minimum absolute atomic E-state index is 0.609. The lowest BCUT2D eigenvalue weighted by Gasteiger charge is -1.98. The number of hydrogen-bond donors (Lipinski definition) is 0. The van der Waals surface area contributed by atoms with Crippen molar-refractivity contribution in [2.45, 2.75) is 12.1 Å². The van der Waals surface area contributed by atoms with Crippen molar-refractivity contribution in [3.8, 4) is 0 Å². The molecule has 0 N–H and O–H groups in total. The van der Waals surface area contributed by atoms with E-state index in [4.69, 9.17) is 0 Å². The van der Waals surface area contributed by atoms with Gasteiger partial charge in [0.15, 0.2) is 0 Å². The zero-order valence-corrected chi connectivity index (χ0v) is 6.74. The summed E-state index contributed by atoms with van der Waals surface area (Å²) in [7, 11) is 5.41. The summed E-state index contributed by atoms with van der Waals surface area (Å²) in [5.41, 5.74) is 0.609. The molecular formula is C5H12P2. The van der Waals surface area contributed by atoms with Gasteiger partial charge in [-0.2, -0.15) is 0 Å². The summed E-state index contributed by atoms with van der Waals surface area (Å²) >= 11 is 0. The van der Waals surface area contributed by atoms with Crippen molar-refractivity contribution in [1.29, 1.82) is 0 Å². The predicted molar refractivity (Wildman–Crippen MR) is 42.9 cm³/mol. The summed E-state index contributed by atoms with van der Waals surface area (Å²) in [6.45, 7) is 3.65. The number of rotatable bonds is 3. The third kappa shape index (κ3) is 4.45. The molecule has 0 aliphatic carbocycles. The summed E-state index contributed by atoms with van der Waals surface area (Å²) < 4.78 is 0. The second kappa shape index (κ2) is 4.75. The zero-order chi connectivity index (χ0) is 5.70. The highest BCUT2D eigenvalue weighted by Crippen LogP contribution is 2.06. The summed E-state index contributed by atoms with van der Waals surface area (Å²) in [4.78, 5) is 0. The largest absolute Gasteiger partial charge is 0.138 e. The van der Waals surface area contributed by atoms with Gasteiger partial charge in [-0.25, -0.2) is 0 Å². The molecule has 42 valence electrons. The topological polar surface area (TPSA) is 0 Å². The fourth-order valence-corrected chi connectivity index (χ4v) is 1.27. The Morgan fingerprint density at radius 2 is 2.29 bits per heavy atom. The molecule has 0 amide bonds. The van der Waals surface area contributed by atoms with Crippen LogP contribution in [0, 0.1) is 0 Å². The molecule has 0 rings (SSSR count). The summed E-state index contributed by atoms with van der Waals surface area (Å²) in [6.07, 6.45) is 4.33. The molecule has 0 nitrogen and oxygen atoms in total. The summed E-state index contributed by atoms with van der Waals surface area (Å²) in [6, 6.07) is 0. The Morgan fingerprint density at radius 1 is 1.71 bits per heavy atom. The molecule has 0 saturated carbocycles. The second-order valence-electron chi connectivity index (χ2n) is 1.48. The quantitative estimate of drug-likeness (QED) is 0.407. The minimum Gasteiger partial charge on any atom is -0.138 e. The van der Waals surface area contributed by atoms with E-state index in [0.29, 0.717) is 5.66 Å². The lowest BCUT2D eigenvalue weighted by Crippen LogP contribution is -1.90. The van der Waals surface area contributed by atoms with E-state index in [9.17, 15) is 0 Å². The molecule has 3 unspecified atom stereocenters. The second-order valence-corrected chi connectivity index (χ2v) is 2.91. The predicted octanol–water partition coefficient (Wildman–Crippen LogP) is 1.68. The maximum atomic E-state index is 3.65. The van der Waals surface area contributed by atoms with Crippen LogP contribution in [-0.2, 0) is 0 Å². The van der Waals surface area contributed by atoms with Gasteiger partial charge in [-0.1, -0.05) is 6.08 Å². The lowest BCUT2D eigenvalue weighted by molar-refractivity contribution is 0.995. The molecule has 0 spiro atoms. The molecule has 0 aliphatic rings. The fraction of sp³-hybridized carbons (Fsp3) is 0.600. The fourth-order valence-electron chi connectivity index (χ4n) is 0.310. The minimum atomic E-state index is 0.609. The highest BCUT2D eigenvalue weighted by Gasteiger charge is 1.89. The molecular weight excluding hydrogens is 122 g/mol. The van der Waals surface area contributed by atoms with Crippen LogP contribution in [0.4, 0.5) is 0 Å². The molecule has 0 aromatic carbocycles. The van der Waals surface area contributed by atoms with Gasteiger partial charge in [-0.3, -0.25) is 0 Å². The maximum Gasteiger partial charge on any atom is -0.00852 e. The molecule has 7 heavy (non-hydrogen) atoms. The van der Waals surface area contributed by atoms with Crippen LogP contribution in [0.5, 0.6) is 0 Å². The molecule has 0 radical (unpaired) electrons. The first-order valence-corrected chi connectivity index (χ1v) is 3.87. The van der Waals surface area contributed by atoms with Crippen LogP contribution in [0.2, 0.25) is 0 Å². The van der Waals surface area contributed by atoms with Crippen molar-refractivity contribution in [1.82, 2.24) is 0 Å². The Balaban J connectivity index is 2.98. The molecule has 0 aliphatic heterocycles. The van der Waals surface area contributed by atoms with Crippen molar-refractivity contribution in [3.63, 3.8) is 0 Å². The van der Waals surface area contributed by atoms with E-state index in [2.05, 4.69) is 25.1 Å². The van der Waals surface area contributed by atoms with E-state index in [1.165, 1.54) is 12.6 Å². The van der Waals surface area contributed by atoms with Crippen molar-refractivity contribution in [2.24, 2.45) is 0 Å². The van der Waals surface area contributed by atoms with Gasteiger partial charge in [0.25, 0.3) is 0 Å². The Morgan fingerprint density at radius 3 is 2.43 bits per heavy atom. The smallest absolute Gasteiger partial charge is 0.00852 e. The van der Waals surface area contributed by atoms with Gasteiger partial charge in [0.1, 0.15) is 0 Å². The van der Waals surface area contributed by atoms with Crippen LogP contribution in [0.1, 0.15) is 6.42 Å². The molecule has 0 fully saturated rings. The molecule has 0 saturated heterocycles. The highest BCUT2D eigenvalue weighted by molar-refractivity contribution is 7.18. The van der Waals surface area contributed by atoms with Crippen molar-refractivity contribution in [3.05, 3.63) is 12.7 Å². The first kappa shape index (κ1) is 7.60. The molecule has 0 aromatic rings. The van der Waals surface area contributed by atoms with Gasteiger partial charge in [0, 0.05) is 0 Å². The van der Waals surface area contributed by atoms with Crippen LogP contribution in [0.25, 0.3) is 0 Å². The van der Waals surface area contributed by atoms with E-state index < -0.39 is 0 Å². The van der Waals surface area contributed by atoms with Crippen molar-refractivity contribution >= 4 is 18.5 Å². The Labute approximate surface area is 50.2 Å². The zero-order valence-electron chi connectivity index (χ0n) is 4.43. The first-order valence-electron chi connectivity index (χ1n) is 2.39. The third-order valence-electron chi connectivity index (χ3n) is 0.803. The third-order valence-corrected chi connectivity index (χ3v) is 1.74. The van der Waals surface area contributed by atoms with Crippen LogP contribution in [0.3, 0.4) is 0 Å². The molecule has 2 heteroatoms. The summed E-state index contributed by atoms with van der Waals surface area (Å²) in [5.74, 6) is 0. The van der Waals surface area contributed by atoms with Gasteiger partial charge in [-0.15, -0.1) is 25.1 Å². The molecule has 0 bridgehead atoms. The first-order chi connectivity index (χ1) is 3.31. The summed E-state index contributed by atoms with van der Waals surface area (Å²) in [5, 5.41) is 0. The SMILES string of the molecule is C=CC(P)CCP. The number of allylic oxidation sites excluding steroid dienone is 1. The van der Waals surface area contributed by atoms with Gasteiger partial charge >= 0.3 is 0 Å².